The lowest BCUT2D eigenvalue weighted by Gasteiger charge is -2.04. The standard InChI is InChI=1S/C21H18N4O5/c26-17-6-4-14(19(28)9-17)11-22-24-16-3-1-2-13(8-16)21(30)25-23-12-15-5-7-18(27)10-20(15)29/h1-12,24,26-29H,(H,25,30)/b22-11+,23-12+. The number of hydrogen-bond acceptors (Lipinski definition) is 8. The molecule has 9 heteroatoms. The van der Waals surface area contributed by atoms with Gasteiger partial charge in [-0.15, -0.1) is 0 Å². The van der Waals surface area contributed by atoms with Crippen molar-refractivity contribution in [2.24, 2.45) is 10.2 Å². The Morgan fingerprint density at radius 1 is 0.767 bits per heavy atom. The van der Waals surface area contributed by atoms with Crippen LogP contribution in [0.25, 0.3) is 0 Å². The van der Waals surface area contributed by atoms with Crippen LogP contribution < -0.4 is 10.9 Å². The second-order valence-electron chi connectivity index (χ2n) is 6.14. The highest BCUT2D eigenvalue weighted by Gasteiger charge is 2.06. The van der Waals surface area contributed by atoms with Gasteiger partial charge in [0.1, 0.15) is 23.0 Å². The summed E-state index contributed by atoms with van der Waals surface area (Å²) in [5.41, 5.74) is 6.66. The van der Waals surface area contributed by atoms with E-state index in [0.717, 1.165) is 6.07 Å². The van der Waals surface area contributed by atoms with Crippen LogP contribution >= 0.6 is 0 Å². The maximum Gasteiger partial charge on any atom is 0.271 e. The maximum atomic E-state index is 12.2. The van der Waals surface area contributed by atoms with Crippen molar-refractivity contribution in [1.29, 1.82) is 0 Å². The van der Waals surface area contributed by atoms with E-state index in [0.29, 0.717) is 22.4 Å². The summed E-state index contributed by atoms with van der Waals surface area (Å²) in [5.74, 6) is -0.905. The van der Waals surface area contributed by atoms with Crippen LogP contribution in [0, 0.1) is 0 Å². The molecule has 3 rings (SSSR count). The Bertz CT molecular complexity index is 1130. The number of hydrazone groups is 2. The van der Waals surface area contributed by atoms with E-state index >= 15 is 0 Å². The molecule has 0 spiro atoms. The summed E-state index contributed by atoms with van der Waals surface area (Å²) in [4.78, 5) is 12.2. The molecule has 0 saturated carbocycles. The summed E-state index contributed by atoms with van der Waals surface area (Å²) in [5, 5.41) is 45.8. The van der Waals surface area contributed by atoms with E-state index in [1.807, 2.05) is 0 Å². The molecule has 0 radical (unpaired) electrons. The molecule has 0 aliphatic heterocycles. The normalized spacial score (nSPS) is 11.1. The number of phenols is 4. The van der Waals surface area contributed by atoms with Gasteiger partial charge in [0, 0.05) is 28.8 Å². The smallest absolute Gasteiger partial charge is 0.271 e. The molecule has 9 nitrogen and oxygen atoms in total. The zero-order chi connectivity index (χ0) is 21.5. The summed E-state index contributed by atoms with van der Waals surface area (Å²) in [6, 6.07) is 14.6. The van der Waals surface area contributed by atoms with E-state index in [-0.39, 0.29) is 23.0 Å². The number of carbonyl (C=O) groups is 1. The van der Waals surface area contributed by atoms with Crippen LogP contribution in [0.3, 0.4) is 0 Å². The van der Waals surface area contributed by atoms with Gasteiger partial charge in [0.25, 0.3) is 5.91 Å². The highest BCUT2D eigenvalue weighted by Crippen LogP contribution is 2.21. The fourth-order valence-electron chi connectivity index (χ4n) is 2.41. The lowest BCUT2D eigenvalue weighted by molar-refractivity contribution is 0.0955. The summed E-state index contributed by atoms with van der Waals surface area (Å²) >= 11 is 0. The number of anilines is 1. The van der Waals surface area contributed by atoms with Crippen molar-refractivity contribution in [1.82, 2.24) is 5.43 Å². The van der Waals surface area contributed by atoms with Crippen LogP contribution in [0.5, 0.6) is 23.0 Å². The number of aromatic hydroxyl groups is 4. The Morgan fingerprint density at radius 3 is 1.97 bits per heavy atom. The van der Waals surface area contributed by atoms with Crippen molar-refractivity contribution < 1.29 is 25.2 Å². The average molecular weight is 406 g/mol. The minimum atomic E-state index is -0.478. The predicted molar refractivity (Wildman–Crippen MR) is 112 cm³/mol. The fraction of sp³-hybridized carbons (Fsp3) is 0. The van der Waals surface area contributed by atoms with Crippen molar-refractivity contribution in [2.45, 2.75) is 0 Å². The van der Waals surface area contributed by atoms with Crippen LogP contribution in [0.2, 0.25) is 0 Å². The number of hydrogen-bond donors (Lipinski definition) is 6. The third kappa shape index (κ3) is 5.26. The number of carbonyl (C=O) groups excluding carboxylic acids is 1. The zero-order valence-electron chi connectivity index (χ0n) is 15.5. The monoisotopic (exact) mass is 406 g/mol. The van der Waals surface area contributed by atoms with Gasteiger partial charge in [-0.3, -0.25) is 10.2 Å². The van der Waals surface area contributed by atoms with E-state index in [1.165, 1.54) is 42.8 Å². The largest absolute Gasteiger partial charge is 0.508 e. The Morgan fingerprint density at radius 2 is 1.37 bits per heavy atom. The van der Waals surface area contributed by atoms with Crippen LogP contribution in [-0.4, -0.2) is 38.8 Å². The molecule has 0 heterocycles. The van der Waals surface area contributed by atoms with Crippen LogP contribution in [0.1, 0.15) is 21.5 Å². The molecule has 30 heavy (non-hydrogen) atoms. The Balaban J connectivity index is 1.62. The van der Waals surface area contributed by atoms with Crippen LogP contribution in [0.4, 0.5) is 5.69 Å². The van der Waals surface area contributed by atoms with E-state index in [2.05, 4.69) is 21.1 Å². The highest BCUT2D eigenvalue weighted by molar-refractivity contribution is 5.96. The minimum Gasteiger partial charge on any atom is -0.508 e. The Kier molecular flexibility index (Phi) is 6.14. The second-order valence-corrected chi connectivity index (χ2v) is 6.14. The summed E-state index contributed by atoms with van der Waals surface area (Å²) < 4.78 is 0. The molecule has 0 aromatic heterocycles. The summed E-state index contributed by atoms with van der Waals surface area (Å²) in [7, 11) is 0. The lowest BCUT2D eigenvalue weighted by Crippen LogP contribution is -2.17. The molecule has 3 aromatic rings. The first-order chi connectivity index (χ1) is 14.4. The van der Waals surface area contributed by atoms with Crippen molar-refractivity contribution in [2.75, 3.05) is 5.43 Å². The predicted octanol–water partition coefficient (Wildman–Crippen LogP) is 2.72. The molecule has 3 aromatic carbocycles. The van der Waals surface area contributed by atoms with E-state index < -0.39 is 5.91 Å². The minimum absolute atomic E-state index is 0.0559. The molecule has 0 aliphatic rings. The molecule has 0 atom stereocenters. The number of rotatable bonds is 6. The molecule has 0 bridgehead atoms. The first-order valence-corrected chi connectivity index (χ1v) is 8.69. The fourth-order valence-corrected chi connectivity index (χ4v) is 2.41. The molecule has 0 aliphatic carbocycles. The van der Waals surface area contributed by atoms with Gasteiger partial charge in [-0.05, 0) is 42.5 Å². The Hall–Kier alpha value is -4.53. The van der Waals surface area contributed by atoms with Gasteiger partial charge < -0.3 is 20.4 Å². The van der Waals surface area contributed by atoms with E-state index in [9.17, 15) is 25.2 Å². The summed E-state index contributed by atoms with van der Waals surface area (Å²) in [6.07, 6.45) is 2.62. The molecule has 0 fully saturated rings. The molecule has 6 N–H and O–H groups in total. The third-order valence-electron chi connectivity index (χ3n) is 3.92. The molecule has 0 unspecified atom stereocenters. The molecular formula is C21H18N4O5. The van der Waals surface area contributed by atoms with Crippen molar-refractivity contribution in [3.63, 3.8) is 0 Å². The first kappa shape index (κ1) is 20.2. The van der Waals surface area contributed by atoms with Gasteiger partial charge in [0.2, 0.25) is 0 Å². The molecule has 1 amide bonds. The number of nitrogens with zero attached hydrogens (tertiary/aromatic N) is 2. The van der Waals surface area contributed by atoms with Crippen molar-refractivity contribution in [3.8, 4) is 23.0 Å². The van der Waals surface area contributed by atoms with E-state index in [4.69, 9.17) is 0 Å². The van der Waals surface area contributed by atoms with E-state index in [1.54, 1.807) is 24.3 Å². The SMILES string of the molecule is O=C(N/N=C/c1ccc(O)cc1O)c1cccc(N/N=C/c2ccc(O)cc2O)c1. The van der Waals surface area contributed by atoms with Gasteiger partial charge >= 0.3 is 0 Å². The third-order valence-corrected chi connectivity index (χ3v) is 3.92. The first-order valence-electron chi connectivity index (χ1n) is 8.69. The number of nitrogens with one attached hydrogen (secondary N) is 2. The lowest BCUT2D eigenvalue weighted by atomic mass is 10.2. The van der Waals surface area contributed by atoms with Crippen LogP contribution in [-0.2, 0) is 0 Å². The van der Waals surface area contributed by atoms with Gasteiger partial charge in [-0.2, -0.15) is 10.2 Å². The zero-order valence-corrected chi connectivity index (χ0v) is 15.5. The van der Waals surface area contributed by atoms with Gasteiger partial charge in [-0.25, -0.2) is 5.43 Å². The van der Waals surface area contributed by atoms with Crippen molar-refractivity contribution in [3.05, 3.63) is 77.4 Å². The van der Waals surface area contributed by atoms with Crippen LogP contribution in [0.15, 0.2) is 70.9 Å². The number of amides is 1. The quantitative estimate of drug-likeness (QED) is 0.274. The molecule has 0 saturated heterocycles. The second kappa shape index (κ2) is 9.11. The van der Waals surface area contributed by atoms with Gasteiger partial charge in [0.15, 0.2) is 0 Å². The highest BCUT2D eigenvalue weighted by atomic mass is 16.3. The molecular weight excluding hydrogens is 388 g/mol. The molecule has 152 valence electrons. The Labute approximate surface area is 171 Å². The van der Waals surface area contributed by atoms with Crippen molar-refractivity contribution >= 4 is 24.0 Å². The summed E-state index contributed by atoms with van der Waals surface area (Å²) in [6.45, 7) is 0. The topological polar surface area (TPSA) is 147 Å². The number of phenolic OH excluding ortho intramolecular Hbond substituents is 4. The number of benzene rings is 3. The van der Waals surface area contributed by atoms with Gasteiger partial charge in [0.05, 0.1) is 18.1 Å². The van der Waals surface area contributed by atoms with Gasteiger partial charge in [-0.1, -0.05) is 6.07 Å². The maximum absolute atomic E-state index is 12.2. The average Bonchev–Trinajstić information content (AvgIpc) is 2.71.